The van der Waals surface area contributed by atoms with Crippen molar-refractivity contribution in [3.05, 3.63) is 11.0 Å². The van der Waals surface area contributed by atoms with Gasteiger partial charge in [-0.15, -0.1) is 11.8 Å². The first kappa shape index (κ1) is 32.1. The molecule has 0 N–H and O–H groups in total. The van der Waals surface area contributed by atoms with Crippen LogP contribution in [0.2, 0.25) is 0 Å². The minimum absolute atomic E-state index is 0.272. The number of hydrogen-bond acceptors (Lipinski definition) is 1. The molecule has 3 atom stereocenters. The molecule has 0 aromatic heterocycles. The minimum Gasteiger partial charge on any atom is -0.134 e. The van der Waals surface area contributed by atoms with Gasteiger partial charge in [-0.3, -0.25) is 0 Å². The summed E-state index contributed by atoms with van der Waals surface area (Å²) in [4.78, 5) is 1.57. The van der Waals surface area contributed by atoms with E-state index in [0.29, 0.717) is 5.41 Å². The van der Waals surface area contributed by atoms with Crippen LogP contribution >= 0.6 is 11.8 Å². The zero-order chi connectivity index (χ0) is 24.8. The first-order chi connectivity index (χ1) is 14.8. The van der Waals surface area contributed by atoms with E-state index in [1.165, 1.54) is 77.0 Å². The molecule has 0 spiro atoms. The number of allylic oxidation sites excluding steroid dienone is 2. The average Bonchev–Trinajstić information content (AvgIpc) is 2.67. The van der Waals surface area contributed by atoms with E-state index in [-0.39, 0.29) is 5.41 Å². The van der Waals surface area contributed by atoms with E-state index in [4.69, 9.17) is 0 Å². The molecular formula is C31H62S. The third-order valence-corrected chi connectivity index (χ3v) is 8.65. The molecule has 0 aliphatic carbocycles. The molecule has 0 fully saturated rings. The summed E-state index contributed by atoms with van der Waals surface area (Å²) in [5.41, 5.74) is 0.721. The lowest BCUT2D eigenvalue weighted by Gasteiger charge is -2.32. The van der Waals surface area contributed by atoms with Crippen LogP contribution in [0.15, 0.2) is 11.0 Å². The monoisotopic (exact) mass is 466 g/mol. The summed E-state index contributed by atoms with van der Waals surface area (Å²) in [5.74, 6) is 3.45. The van der Waals surface area contributed by atoms with Gasteiger partial charge in [-0.2, -0.15) is 0 Å². The highest BCUT2D eigenvalue weighted by Gasteiger charge is 2.26. The van der Waals surface area contributed by atoms with E-state index in [1.54, 1.807) is 4.91 Å². The summed E-state index contributed by atoms with van der Waals surface area (Å²) < 4.78 is 0. The van der Waals surface area contributed by atoms with Gasteiger partial charge in [0.25, 0.3) is 0 Å². The Kier molecular flexibility index (Phi) is 16.7. The average molecular weight is 467 g/mol. The van der Waals surface area contributed by atoms with Crippen LogP contribution in [0.3, 0.4) is 0 Å². The maximum atomic E-state index is 2.60. The van der Waals surface area contributed by atoms with Crippen LogP contribution in [-0.2, 0) is 0 Å². The standard InChI is InChI=1S/C31H62S/c1-25(2)15-12-13-17-27(5)19-22-31(10,24-21-29(32-11)30(7,8)9)23-20-28(6)18-14-16-26(3)4/h21,25-28H,12-20,22-24H2,1-11H3/b29-21-. The van der Waals surface area contributed by atoms with Crippen LogP contribution in [0.1, 0.15) is 146 Å². The maximum absolute atomic E-state index is 2.60. The van der Waals surface area contributed by atoms with Crippen LogP contribution in [0.25, 0.3) is 0 Å². The van der Waals surface area contributed by atoms with Gasteiger partial charge >= 0.3 is 0 Å². The van der Waals surface area contributed by atoms with Gasteiger partial charge in [-0.25, -0.2) is 0 Å². The third kappa shape index (κ3) is 16.7. The predicted octanol–water partition coefficient (Wildman–Crippen LogP) is 11.6. The van der Waals surface area contributed by atoms with Gasteiger partial charge < -0.3 is 0 Å². The van der Waals surface area contributed by atoms with Crippen molar-refractivity contribution in [2.75, 3.05) is 6.26 Å². The molecular weight excluding hydrogens is 404 g/mol. The number of thioether (sulfide) groups is 1. The second-order valence-electron chi connectivity index (χ2n) is 13.3. The van der Waals surface area contributed by atoms with Gasteiger partial charge in [0.15, 0.2) is 0 Å². The van der Waals surface area contributed by atoms with Crippen molar-refractivity contribution in [3.8, 4) is 0 Å². The Bertz CT molecular complexity index is 481. The maximum Gasteiger partial charge on any atom is -0.00753 e. The van der Waals surface area contributed by atoms with Crippen LogP contribution < -0.4 is 0 Å². The Labute approximate surface area is 209 Å². The van der Waals surface area contributed by atoms with Crippen LogP contribution in [-0.4, -0.2) is 6.26 Å². The fraction of sp³-hybridized carbons (Fsp3) is 0.935. The minimum atomic E-state index is 0.272. The smallest absolute Gasteiger partial charge is 0.00753 e. The Morgan fingerprint density at radius 1 is 0.656 bits per heavy atom. The van der Waals surface area contributed by atoms with Gasteiger partial charge in [0, 0.05) is 0 Å². The molecule has 32 heavy (non-hydrogen) atoms. The first-order valence-electron chi connectivity index (χ1n) is 14.0. The summed E-state index contributed by atoms with van der Waals surface area (Å²) in [7, 11) is 0. The molecule has 0 aromatic rings. The Balaban J connectivity index is 4.92. The molecule has 0 aromatic carbocycles. The van der Waals surface area contributed by atoms with Crippen molar-refractivity contribution >= 4 is 11.8 Å². The molecule has 0 nitrogen and oxygen atoms in total. The van der Waals surface area contributed by atoms with Gasteiger partial charge in [0.2, 0.25) is 0 Å². The second kappa shape index (κ2) is 16.7. The Morgan fingerprint density at radius 2 is 1.09 bits per heavy atom. The summed E-state index contributed by atoms with van der Waals surface area (Å²) in [6.07, 6.45) is 21.5. The molecule has 0 saturated carbocycles. The summed E-state index contributed by atoms with van der Waals surface area (Å²) in [5, 5.41) is 0. The SMILES string of the molecule is CS/C(=C\CC(C)(CCC(C)CCCCC(C)C)CCC(C)CCCC(C)C)C(C)(C)C. The predicted molar refractivity (Wildman–Crippen MR) is 153 cm³/mol. The summed E-state index contributed by atoms with van der Waals surface area (Å²) in [6.45, 7) is 24.1. The lowest BCUT2D eigenvalue weighted by atomic mass is 9.74. The molecule has 3 unspecified atom stereocenters. The Morgan fingerprint density at radius 3 is 1.53 bits per heavy atom. The molecule has 0 amide bonds. The molecule has 0 bridgehead atoms. The van der Waals surface area contributed by atoms with Crippen molar-refractivity contribution in [1.29, 1.82) is 0 Å². The van der Waals surface area contributed by atoms with Crippen molar-refractivity contribution in [2.24, 2.45) is 34.5 Å². The quantitative estimate of drug-likeness (QED) is 0.181. The zero-order valence-electron chi connectivity index (χ0n) is 24.3. The molecule has 0 rings (SSSR count). The summed E-state index contributed by atoms with van der Waals surface area (Å²) >= 11 is 1.96. The van der Waals surface area contributed by atoms with Crippen LogP contribution in [0.5, 0.6) is 0 Å². The van der Waals surface area contributed by atoms with Gasteiger partial charge in [-0.1, -0.05) is 133 Å². The third-order valence-electron chi connectivity index (χ3n) is 7.43. The zero-order valence-corrected chi connectivity index (χ0v) is 25.1. The van der Waals surface area contributed by atoms with E-state index >= 15 is 0 Å². The number of hydrogen-bond donors (Lipinski definition) is 0. The summed E-state index contributed by atoms with van der Waals surface area (Å²) in [6, 6.07) is 0. The normalized spacial score (nSPS) is 17.1. The van der Waals surface area contributed by atoms with E-state index in [0.717, 1.165) is 23.7 Å². The topological polar surface area (TPSA) is 0 Å². The van der Waals surface area contributed by atoms with E-state index < -0.39 is 0 Å². The van der Waals surface area contributed by atoms with Crippen molar-refractivity contribution in [3.63, 3.8) is 0 Å². The fourth-order valence-corrected chi connectivity index (χ4v) is 5.62. The molecule has 0 aliphatic heterocycles. The van der Waals surface area contributed by atoms with Crippen molar-refractivity contribution < 1.29 is 0 Å². The lowest BCUT2D eigenvalue weighted by molar-refractivity contribution is 0.222. The second-order valence-corrected chi connectivity index (χ2v) is 14.2. The van der Waals surface area contributed by atoms with E-state index in [9.17, 15) is 0 Å². The largest absolute Gasteiger partial charge is 0.134 e. The molecule has 0 radical (unpaired) electrons. The molecule has 1 heteroatoms. The number of rotatable bonds is 18. The van der Waals surface area contributed by atoms with Gasteiger partial charge in [0.1, 0.15) is 0 Å². The van der Waals surface area contributed by atoms with Crippen molar-refractivity contribution in [1.82, 2.24) is 0 Å². The van der Waals surface area contributed by atoms with Crippen LogP contribution in [0.4, 0.5) is 0 Å². The highest BCUT2D eigenvalue weighted by Crippen LogP contribution is 2.40. The molecule has 192 valence electrons. The van der Waals surface area contributed by atoms with Crippen LogP contribution in [0, 0.1) is 34.5 Å². The fourth-order valence-electron chi connectivity index (χ4n) is 4.76. The number of unbranched alkanes of at least 4 members (excludes halogenated alkanes) is 1. The molecule has 0 aliphatic rings. The Hall–Kier alpha value is 0.0900. The highest BCUT2D eigenvalue weighted by molar-refractivity contribution is 8.02. The van der Waals surface area contributed by atoms with Crippen molar-refractivity contribution in [2.45, 2.75) is 146 Å². The van der Waals surface area contributed by atoms with E-state index in [2.05, 4.69) is 81.6 Å². The van der Waals surface area contributed by atoms with E-state index in [1.807, 2.05) is 11.8 Å². The highest BCUT2D eigenvalue weighted by atomic mass is 32.2. The lowest BCUT2D eigenvalue weighted by Crippen LogP contribution is -2.19. The first-order valence-corrected chi connectivity index (χ1v) is 15.3. The van der Waals surface area contributed by atoms with Gasteiger partial charge in [-0.05, 0) is 64.9 Å². The van der Waals surface area contributed by atoms with Gasteiger partial charge in [0.05, 0.1) is 0 Å². The molecule has 0 heterocycles. The molecule has 0 saturated heterocycles.